The number of carbonyl (C=O) groups excluding carboxylic acids is 2. The van der Waals surface area contributed by atoms with E-state index in [2.05, 4.69) is 5.32 Å². The molecule has 0 saturated heterocycles. The molecule has 0 bridgehead atoms. The van der Waals surface area contributed by atoms with Crippen LogP contribution in [0.5, 0.6) is 5.75 Å². The molecule has 3 aromatic rings. The van der Waals surface area contributed by atoms with Gasteiger partial charge in [0.25, 0.3) is 0 Å². The number of nitrogens with one attached hydrogen (secondary N) is 1. The Bertz CT molecular complexity index is 1550. The molecule has 8 nitrogen and oxygen atoms in total. The molecule has 4 rings (SSSR count). The molecule has 1 unspecified atom stereocenters. The summed E-state index contributed by atoms with van der Waals surface area (Å²) in [5.41, 5.74) is 2.03. The van der Waals surface area contributed by atoms with Crippen molar-refractivity contribution in [3.63, 3.8) is 0 Å². The summed E-state index contributed by atoms with van der Waals surface area (Å²) >= 11 is 12.7. The van der Waals surface area contributed by atoms with Crippen LogP contribution in [0.25, 0.3) is 0 Å². The highest BCUT2D eigenvalue weighted by atomic mass is 35.5. The fraction of sp³-hybridized carbons (Fsp3) is 0.412. The maximum absolute atomic E-state index is 14.1. The molecule has 1 aliphatic rings. The van der Waals surface area contributed by atoms with Crippen LogP contribution in [0.4, 0.5) is 5.69 Å². The minimum absolute atomic E-state index is 0.0171. The van der Waals surface area contributed by atoms with Crippen molar-refractivity contribution < 1.29 is 22.7 Å². The Morgan fingerprint density at radius 3 is 2.38 bits per heavy atom. The van der Waals surface area contributed by atoms with Gasteiger partial charge in [0, 0.05) is 48.1 Å². The molecule has 11 heteroatoms. The Labute approximate surface area is 276 Å². The SMILES string of the molecule is COc1cccc(N(CCCC(=O)N(Cc2ccc(Cl)cc2Cl)C(Cc2ccccc2)C(=O)NC2CCCCC2)S(C)(=O)=O)c1. The Hall–Kier alpha value is -3.27. The van der Waals surface area contributed by atoms with E-state index in [1.54, 1.807) is 47.4 Å². The first kappa shape index (κ1) is 34.6. The van der Waals surface area contributed by atoms with Crippen LogP contribution in [0.15, 0.2) is 72.8 Å². The molecule has 1 aliphatic carbocycles. The molecule has 0 aromatic heterocycles. The largest absolute Gasteiger partial charge is 0.497 e. The number of anilines is 1. The number of halogens is 2. The average Bonchev–Trinajstić information content (AvgIpc) is 3.02. The van der Waals surface area contributed by atoms with Crippen molar-refractivity contribution in [3.05, 3.63) is 94.0 Å². The van der Waals surface area contributed by atoms with Crippen molar-refractivity contribution in [1.82, 2.24) is 10.2 Å². The lowest BCUT2D eigenvalue weighted by atomic mass is 9.94. The van der Waals surface area contributed by atoms with Gasteiger partial charge in [0.05, 0.1) is 19.1 Å². The van der Waals surface area contributed by atoms with Gasteiger partial charge >= 0.3 is 0 Å². The van der Waals surface area contributed by atoms with Gasteiger partial charge in [0.15, 0.2) is 0 Å². The maximum atomic E-state index is 14.1. The smallest absolute Gasteiger partial charge is 0.243 e. The number of nitrogens with zero attached hydrogens (tertiary/aromatic N) is 2. The van der Waals surface area contributed by atoms with E-state index in [1.165, 1.54) is 11.4 Å². The first-order chi connectivity index (χ1) is 21.5. The predicted octanol–water partition coefficient (Wildman–Crippen LogP) is 6.64. The lowest BCUT2D eigenvalue weighted by molar-refractivity contribution is -0.141. The summed E-state index contributed by atoms with van der Waals surface area (Å²) in [6, 6.07) is 20.7. The molecule has 45 heavy (non-hydrogen) atoms. The van der Waals surface area contributed by atoms with Gasteiger partial charge in [-0.15, -0.1) is 0 Å². The molecule has 0 spiro atoms. The van der Waals surface area contributed by atoms with E-state index in [0.29, 0.717) is 33.5 Å². The lowest BCUT2D eigenvalue weighted by Crippen LogP contribution is -2.53. The van der Waals surface area contributed by atoms with E-state index in [-0.39, 0.29) is 43.8 Å². The van der Waals surface area contributed by atoms with Gasteiger partial charge in [-0.1, -0.05) is 84.9 Å². The number of carbonyl (C=O) groups is 2. The molecule has 242 valence electrons. The second kappa shape index (κ2) is 16.3. The zero-order valence-corrected chi connectivity index (χ0v) is 28.1. The Morgan fingerprint density at radius 2 is 1.71 bits per heavy atom. The summed E-state index contributed by atoms with van der Waals surface area (Å²) in [5.74, 6) is 0.0362. The number of methoxy groups -OCH3 is 1. The van der Waals surface area contributed by atoms with Crippen molar-refractivity contribution in [2.24, 2.45) is 0 Å². The molecule has 0 aliphatic heterocycles. The first-order valence-electron chi connectivity index (χ1n) is 15.2. The van der Waals surface area contributed by atoms with Gasteiger partial charge in [0.1, 0.15) is 11.8 Å². The Morgan fingerprint density at radius 1 is 0.978 bits per heavy atom. The molecule has 1 saturated carbocycles. The van der Waals surface area contributed by atoms with Crippen LogP contribution < -0.4 is 14.4 Å². The quantitative estimate of drug-likeness (QED) is 0.207. The van der Waals surface area contributed by atoms with Crippen LogP contribution in [0, 0.1) is 0 Å². The number of benzene rings is 3. The van der Waals surface area contributed by atoms with Crippen molar-refractivity contribution in [2.45, 2.75) is 70.0 Å². The fourth-order valence-electron chi connectivity index (χ4n) is 5.70. The molecule has 1 fully saturated rings. The number of hydrogen-bond donors (Lipinski definition) is 1. The highest BCUT2D eigenvalue weighted by Gasteiger charge is 2.32. The number of ether oxygens (including phenoxy) is 1. The van der Waals surface area contributed by atoms with Crippen LogP contribution in [0.1, 0.15) is 56.1 Å². The predicted molar refractivity (Wildman–Crippen MR) is 180 cm³/mol. The third-order valence-electron chi connectivity index (χ3n) is 8.07. The zero-order chi connectivity index (χ0) is 32.4. The van der Waals surface area contributed by atoms with Gasteiger partial charge in [-0.25, -0.2) is 8.42 Å². The van der Waals surface area contributed by atoms with Crippen molar-refractivity contribution in [3.8, 4) is 5.75 Å². The first-order valence-corrected chi connectivity index (χ1v) is 17.8. The topological polar surface area (TPSA) is 96.0 Å². The highest BCUT2D eigenvalue weighted by Crippen LogP contribution is 2.27. The highest BCUT2D eigenvalue weighted by molar-refractivity contribution is 7.92. The van der Waals surface area contributed by atoms with Gasteiger partial charge in [-0.05, 0) is 54.7 Å². The van der Waals surface area contributed by atoms with Crippen LogP contribution in [-0.2, 0) is 32.6 Å². The fourth-order valence-corrected chi connectivity index (χ4v) is 7.13. The molecule has 0 radical (unpaired) electrons. The van der Waals surface area contributed by atoms with Crippen molar-refractivity contribution >= 4 is 50.7 Å². The van der Waals surface area contributed by atoms with Crippen molar-refractivity contribution in [2.75, 3.05) is 24.2 Å². The van der Waals surface area contributed by atoms with Crippen LogP contribution in [0.3, 0.4) is 0 Å². The van der Waals surface area contributed by atoms with Crippen LogP contribution >= 0.6 is 23.2 Å². The maximum Gasteiger partial charge on any atom is 0.243 e. The second-order valence-electron chi connectivity index (χ2n) is 11.4. The summed E-state index contributed by atoms with van der Waals surface area (Å²) < 4.78 is 32.0. The summed E-state index contributed by atoms with van der Waals surface area (Å²) in [7, 11) is -2.13. The number of hydrogen-bond acceptors (Lipinski definition) is 5. The Balaban J connectivity index is 1.61. The molecule has 3 aromatic carbocycles. The Kier molecular flexibility index (Phi) is 12.6. The van der Waals surface area contributed by atoms with E-state index in [0.717, 1.165) is 43.9 Å². The van der Waals surface area contributed by atoms with Gasteiger partial charge in [0.2, 0.25) is 21.8 Å². The zero-order valence-electron chi connectivity index (χ0n) is 25.8. The summed E-state index contributed by atoms with van der Waals surface area (Å²) in [6.45, 7) is 0.168. The van der Waals surface area contributed by atoms with E-state index in [4.69, 9.17) is 27.9 Å². The molecular formula is C34H41Cl2N3O5S. The van der Waals surface area contributed by atoms with E-state index in [1.807, 2.05) is 30.3 Å². The van der Waals surface area contributed by atoms with Crippen molar-refractivity contribution in [1.29, 1.82) is 0 Å². The average molecular weight is 675 g/mol. The standard InChI is InChI=1S/C34H41Cl2N3O5S/c1-44-30-16-9-15-29(23-30)39(45(2,42)43)20-10-17-33(40)38(24-26-18-19-27(35)22-31(26)36)32(21-25-11-5-3-6-12-25)34(41)37-28-13-7-4-8-14-28/h3,5-6,9,11-12,15-16,18-19,22-23,28,32H,4,7-8,10,13-14,17,20-21,24H2,1-2H3,(H,37,41). The van der Waals surface area contributed by atoms with E-state index >= 15 is 0 Å². The second-order valence-corrected chi connectivity index (χ2v) is 14.2. The summed E-state index contributed by atoms with van der Waals surface area (Å²) in [5, 5.41) is 4.09. The summed E-state index contributed by atoms with van der Waals surface area (Å²) in [6.07, 6.45) is 6.78. The number of amides is 2. The normalized spacial score (nSPS) is 14.4. The minimum atomic E-state index is -3.65. The third-order valence-corrected chi connectivity index (χ3v) is 9.85. The minimum Gasteiger partial charge on any atom is -0.497 e. The van der Waals surface area contributed by atoms with E-state index < -0.39 is 16.1 Å². The van der Waals surface area contributed by atoms with Gasteiger partial charge in [-0.3, -0.25) is 13.9 Å². The number of sulfonamides is 1. The van der Waals surface area contributed by atoms with Crippen LogP contribution in [-0.4, -0.2) is 57.1 Å². The monoisotopic (exact) mass is 673 g/mol. The van der Waals surface area contributed by atoms with Gasteiger partial charge in [-0.2, -0.15) is 0 Å². The van der Waals surface area contributed by atoms with Gasteiger partial charge < -0.3 is 15.0 Å². The summed E-state index contributed by atoms with van der Waals surface area (Å²) in [4.78, 5) is 29.7. The lowest BCUT2D eigenvalue weighted by Gasteiger charge is -2.34. The molecule has 2 amide bonds. The molecule has 1 N–H and O–H groups in total. The van der Waals surface area contributed by atoms with E-state index in [9.17, 15) is 18.0 Å². The molecule has 1 atom stereocenters. The third kappa shape index (κ3) is 10.1. The molecular weight excluding hydrogens is 633 g/mol. The number of rotatable bonds is 14. The molecule has 0 heterocycles. The van der Waals surface area contributed by atoms with Crippen LogP contribution in [0.2, 0.25) is 10.0 Å².